The first-order valence-electron chi connectivity index (χ1n) is 9.32. The van der Waals surface area contributed by atoms with E-state index in [0.717, 1.165) is 31.6 Å². The van der Waals surface area contributed by atoms with Crippen molar-refractivity contribution >= 4 is 15.9 Å². The minimum atomic E-state index is -3.70. The van der Waals surface area contributed by atoms with Gasteiger partial charge in [0.25, 0.3) is 0 Å². The summed E-state index contributed by atoms with van der Waals surface area (Å²) in [6.45, 7) is 6.42. The van der Waals surface area contributed by atoms with E-state index in [-0.39, 0.29) is 23.3 Å². The van der Waals surface area contributed by atoms with Gasteiger partial charge in [-0.25, -0.2) is 12.8 Å². The number of likely N-dealkylation sites (tertiary alicyclic amines) is 1. The fourth-order valence-corrected chi connectivity index (χ4v) is 5.74. The Labute approximate surface area is 155 Å². The molecular weight excluding hydrogens is 355 g/mol. The Kier molecular flexibility index (Phi) is 5.67. The molecule has 5 nitrogen and oxygen atoms in total. The van der Waals surface area contributed by atoms with E-state index in [1.54, 1.807) is 0 Å². The molecule has 26 heavy (non-hydrogen) atoms. The van der Waals surface area contributed by atoms with E-state index < -0.39 is 15.8 Å². The van der Waals surface area contributed by atoms with Crippen molar-refractivity contribution in [1.29, 1.82) is 0 Å². The molecule has 144 valence electrons. The molecule has 0 bridgehead atoms. The smallest absolute Gasteiger partial charge is 0.243 e. The van der Waals surface area contributed by atoms with Crippen LogP contribution in [-0.2, 0) is 14.8 Å². The van der Waals surface area contributed by atoms with Gasteiger partial charge in [-0.05, 0) is 55.4 Å². The number of hydrogen-bond acceptors (Lipinski definition) is 3. The van der Waals surface area contributed by atoms with Crippen molar-refractivity contribution in [3.63, 3.8) is 0 Å². The van der Waals surface area contributed by atoms with Crippen LogP contribution >= 0.6 is 0 Å². The van der Waals surface area contributed by atoms with Crippen LogP contribution in [-0.4, -0.2) is 49.7 Å². The Balaban J connectivity index is 1.72. The third kappa shape index (κ3) is 4.09. The molecule has 0 aliphatic carbocycles. The van der Waals surface area contributed by atoms with E-state index in [0.29, 0.717) is 31.2 Å². The van der Waals surface area contributed by atoms with E-state index in [1.165, 1.54) is 16.4 Å². The number of sulfonamides is 1. The van der Waals surface area contributed by atoms with Crippen LogP contribution in [0.1, 0.15) is 33.1 Å². The molecule has 3 unspecified atom stereocenters. The summed E-state index contributed by atoms with van der Waals surface area (Å²) in [6.07, 6.45) is 2.50. The minimum Gasteiger partial charge on any atom is -0.342 e. The van der Waals surface area contributed by atoms with Gasteiger partial charge in [0.1, 0.15) is 5.82 Å². The molecule has 7 heteroatoms. The Hall–Kier alpha value is -1.47. The van der Waals surface area contributed by atoms with Crippen molar-refractivity contribution in [3.8, 4) is 0 Å². The largest absolute Gasteiger partial charge is 0.342 e. The molecule has 0 aromatic heterocycles. The molecular formula is C19H27FN2O3S. The van der Waals surface area contributed by atoms with Gasteiger partial charge in [-0.1, -0.05) is 13.8 Å². The lowest BCUT2D eigenvalue weighted by Gasteiger charge is -2.39. The molecule has 2 aliphatic rings. The van der Waals surface area contributed by atoms with E-state index >= 15 is 0 Å². The van der Waals surface area contributed by atoms with Crippen LogP contribution in [0.25, 0.3) is 0 Å². The molecule has 0 N–H and O–H groups in total. The first-order chi connectivity index (χ1) is 12.3. The lowest BCUT2D eigenvalue weighted by molar-refractivity contribution is -0.139. The molecule has 1 aromatic carbocycles. The summed E-state index contributed by atoms with van der Waals surface area (Å²) >= 11 is 0. The molecule has 2 heterocycles. The molecule has 2 saturated heterocycles. The highest BCUT2D eigenvalue weighted by atomic mass is 32.2. The summed E-state index contributed by atoms with van der Waals surface area (Å²) in [5.41, 5.74) is 0. The number of carbonyl (C=O) groups excluding carboxylic acids is 1. The van der Waals surface area contributed by atoms with Crippen LogP contribution in [0.4, 0.5) is 4.39 Å². The summed E-state index contributed by atoms with van der Waals surface area (Å²) in [6, 6.07) is 4.86. The number of piperidine rings is 2. The van der Waals surface area contributed by atoms with Gasteiger partial charge in [0.05, 0.1) is 10.8 Å². The molecule has 3 rings (SSSR count). The quantitative estimate of drug-likeness (QED) is 0.808. The lowest BCUT2D eigenvalue weighted by atomic mass is 9.90. The lowest BCUT2D eigenvalue weighted by Crippen LogP contribution is -2.50. The monoisotopic (exact) mass is 382 g/mol. The summed E-state index contributed by atoms with van der Waals surface area (Å²) in [5, 5.41) is 0. The van der Waals surface area contributed by atoms with Crippen molar-refractivity contribution in [1.82, 2.24) is 9.21 Å². The first-order valence-corrected chi connectivity index (χ1v) is 10.8. The number of nitrogens with zero attached hydrogens (tertiary/aromatic N) is 2. The zero-order valence-electron chi connectivity index (χ0n) is 15.4. The van der Waals surface area contributed by atoms with Gasteiger partial charge < -0.3 is 4.90 Å². The first kappa shape index (κ1) is 19.3. The maximum atomic E-state index is 13.1. The van der Waals surface area contributed by atoms with Gasteiger partial charge in [0.2, 0.25) is 15.9 Å². The summed E-state index contributed by atoms with van der Waals surface area (Å²) < 4.78 is 40.1. The molecule has 0 radical (unpaired) electrons. The topological polar surface area (TPSA) is 57.7 Å². The number of rotatable bonds is 3. The molecule has 3 atom stereocenters. The van der Waals surface area contributed by atoms with Crippen LogP contribution < -0.4 is 0 Å². The highest BCUT2D eigenvalue weighted by molar-refractivity contribution is 7.89. The van der Waals surface area contributed by atoms with Crippen LogP contribution in [0.2, 0.25) is 0 Å². The zero-order valence-corrected chi connectivity index (χ0v) is 16.2. The fourth-order valence-electron chi connectivity index (χ4n) is 4.22. The van der Waals surface area contributed by atoms with Gasteiger partial charge in [-0.3, -0.25) is 4.79 Å². The van der Waals surface area contributed by atoms with Crippen LogP contribution in [0.3, 0.4) is 0 Å². The van der Waals surface area contributed by atoms with Crippen LogP contribution in [0, 0.1) is 23.6 Å². The van der Waals surface area contributed by atoms with Crippen LogP contribution in [0.15, 0.2) is 29.2 Å². The molecule has 2 fully saturated rings. The SMILES string of the molecule is CC1CC(C)CN(C(=O)C2CCCN(S(=O)(=O)c3ccc(F)cc3)C2)C1. The van der Waals surface area contributed by atoms with E-state index in [4.69, 9.17) is 0 Å². The summed E-state index contributed by atoms with van der Waals surface area (Å²) in [7, 11) is -3.70. The highest BCUT2D eigenvalue weighted by Gasteiger charge is 2.36. The van der Waals surface area contributed by atoms with E-state index in [2.05, 4.69) is 13.8 Å². The van der Waals surface area contributed by atoms with Gasteiger partial charge in [0.15, 0.2) is 0 Å². The summed E-state index contributed by atoms with van der Waals surface area (Å²) in [5.74, 6) is 0.263. The highest BCUT2D eigenvalue weighted by Crippen LogP contribution is 2.28. The number of amides is 1. The van der Waals surface area contributed by atoms with Crippen LogP contribution in [0.5, 0.6) is 0 Å². The van der Waals surface area contributed by atoms with E-state index in [1.807, 2.05) is 4.90 Å². The van der Waals surface area contributed by atoms with Gasteiger partial charge >= 0.3 is 0 Å². The fraction of sp³-hybridized carbons (Fsp3) is 0.632. The number of benzene rings is 1. The Morgan fingerprint density at radius 3 is 2.31 bits per heavy atom. The third-order valence-corrected chi connectivity index (χ3v) is 7.24. The van der Waals surface area contributed by atoms with Gasteiger partial charge in [-0.2, -0.15) is 4.31 Å². The molecule has 1 amide bonds. The van der Waals surface area contributed by atoms with Crippen molar-refractivity contribution in [2.45, 2.75) is 38.0 Å². The van der Waals surface area contributed by atoms with Crippen molar-refractivity contribution in [2.75, 3.05) is 26.2 Å². The second kappa shape index (κ2) is 7.64. The van der Waals surface area contributed by atoms with Gasteiger partial charge in [0, 0.05) is 26.2 Å². The maximum absolute atomic E-state index is 13.1. The number of carbonyl (C=O) groups is 1. The Morgan fingerprint density at radius 2 is 1.69 bits per heavy atom. The standard InChI is InChI=1S/C19H27FN2O3S/c1-14-10-15(2)12-21(11-14)19(23)16-4-3-9-22(13-16)26(24,25)18-7-5-17(20)6-8-18/h5-8,14-16H,3-4,9-13H2,1-2H3. The second-order valence-electron chi connectivity index (χ2n) is 7.85. The van der Waals surface area contributed by atoms with Crippen molar-refractivity contribution in [2.24, 2.45) is 17.8 Å². The normalized spacial score (nSPS) is 28.1. The average molecular weight is 383 g/mol. The Bertz CT molecular complexity index is 741. The molecule has 2 aliphatic heterocycles. The number of halogens is 1. The molecule has 0 saturated carbocycles. The minimum absolute atomic E-state index is 0.0717. The zero-order chi connectivity index (χ0) is 18.9. The third-order valence-electron chi connectivity index (χ3n) is 5.37. The second-order valence-corrected chi connectivity index (χ2v) is 9.78. The predicted octanol–water partition coefficient (Wildman–Crippen LogP) is 2.73. The Morgan fingerprint density at radius 1 is 1.08 bits per heavy atom. The summed E-state index contributed by atoms with van der Waals surface area (Å²) in [4.78, 5) is 14.9. The molecule has 1 aromatic rings. The average Bonchev–Trinajstić information content (AvgIpc) is 2.61. The predicted molar refractivity (Wildman–Crippen MR) is 97.4 cm³/mol. The van der Waals surface area contributed by atoms with Crippen molar-refractivity contribution < 1.29 is 17.6 Å². The van der Waals surface area contributed by atoms with Gasteiger partial charge in [-0.15, -0.1) is 0 Å². The molecule has 0 spiro atoms. The maximum Gasteiger partial charge on any atom is 0.243 e. The van der Waals surface area contributed by atoms with Crippen molar-refractivity contribution in [3.05, 3.63) is 30.1 Å². The van der Waals surface area contributed by atoms with E-state index in [9.17, 15) is 17.6 Å². The number of hydrogen-bond donors (Lipinski definition) is 0.